The fourth-order valence-corrected chi connectivity index (χ4v) is 2.70. The number of rotatable bonds is 2. The summed E-state index contributed by atoms with van der Waals surface area (Å²) in [5, 5.41) is 6.10. The van der Waals surface area contributed by atoms with Crippen LogP contribution in [-0.2, 0) is 9.53 Å². The van der Waals surface area contributed by atoms with Gasteiger partial charge in [0.1, 0.15) is 0 Å². The highest BCUT2D eigenvalue weighted by molar-refractivity contribution is 5.78. The quantitative estimate of drug-likeness (QED) is 0.680. The number of carbonyl (C=O) groups excluding carboxylic acids is 1. The molecule has 0 aromatic carbocycles. The van der Waals surface area contributed by atoms with Crippen LogP contribution in [0.4, 0.5) is 0 Å². The lowest BCUT2D eigenvalue weighted by Gasteiger charge is -2.34. The first-order valence-electron chi connectivity index (χ1n) is 6.55. The van der Waals surface area contributed by atoms with Crippen LogP contribution in [-0.4, -0.2) is 63.3 Å². The molecule has 0 radical (unpaired) electrons. The van der Waals surface area contributed by atoms with Crippen molar-refractivity contribution in [2.24, 2.45) is 5.92 Å². The average molecular weight is 241 g/mol. The van der Waals surface area contributed by atoms with Crippen molar-refractivity contribution in [3.8, 4) is 0 Å². The van der Waals surface area contributed by atoms with Gasteiger partial charge in [0.15, 0.2) is 0 Å². The molecule has 0 aromatic rings. The summed E-state index contributed by atoms with van der Waals surface area (Å²) in [5.74, 6) is 0.224. The predicted octanol–water partition coefficient (Wildman–Crippen LogP) is -0.567. The standard InChI is InChI=1S/C12H23N3O2/c1-13-12(16)10-8-14-4-5-15(9-10)11-2-6-17-7-3-11/h10-11,14H,2-9H2,1H3,(H,13,16)/t10-/m0/s1. The average Bonchev–Trinajstić information content (AvgIpc) is 2.64. The minimum Gasteiger partial charge on any atom is -0.381 e. The van der Waals surface area contributed by atoms with E-state index in [0.717, 1.165) is 52.2 Å². The van der Waals surface area contributed by atoms with Crippen molar-refractivity contribution in [1.82, 2.24) is 15.5 Å². The minimum absolute atomic E-state index is 0.0744. The van der Waals surface area contributed by atoms with Gasteiger partial charge in [0.25, 0.3) is 0 Å². The van der Waals surface area contributed by atoms with Gasteiger partial charge in [-0.05, 0) is 12.8 Å². The molecule has 0 spiro atoms. The summed E-state index contributed by atoms with van der Waals surface area (Å²) in [4.78, 5) is 14.2. The van der Waals surface area contributed by atoms with Crippen LogP contribution in [0.15, 0.2) is 0 Å². The molecule has 0 saturated carbocycles. The number of nitrogens with one attached hydrogen (secondary N) is 2. The SMILES string of the molecule is CNC(=O)[C@H]1CNCCN(C2CCOCC2)C1. The number of carbonyl (C=O) groups is 1. The first-order valence-corrected chi connectivity index (χ1v) is 6.55. The zero-order valence-corrected chi connectivity index (χ0v) is 10.6. The third-order valence-corrected chi connectivity index (χ3v) is 3.75. The van der Waals surface area contributed by atoms with Crippen molar-refractivity contribution in [2.45, 2.75) is 18.9 Å². The third-order valence-electron chi connectivity index (χ3n) is 3.75. The van der Waals surface area contributed by atoms with Gasteiger partial charge >= 0.3 is 0 Å². The zero-order valence-electron chi connectivity index (χ0n) is 10.6. The smallest absolute Gasteiger partial charge is 0.225 e. The molecule has 0 bridgehead atoms. The molecule has 0 aliphatic carbocycles. The maximum atomic E-state index is 11.7. The highest BCUT2D eigenvalue weighted by Gasteiger charge is 2.28. The van der Waals surface area contributed by atoms with E-state index in [1.165, 1.54) is 0 Å². The van der Waals surface area contributed by atoms with Gasteiger partial charge in [0, 0.05) is 52.5 Å². The Morgan fingerprint density at radius 2 is 2.18 bits per heavy atom. The predicted molar refractivity (Wildman–Crippen MR) is 65.8 cm³/mol. The molecule has 0 unspecified atom stereocenters. The van der Waals surface area contributed by atoms with Gasteiger partial charge in [-0.3, -0.25) is 9.69 Å². The molecular formula is C12H23N3O2. The number of amides is 1. The Labute approximate surface area is 103 Å². The third kappa shape index (κ3) is 3.40. The molecule has 2 N–H and O–H groups in total. The second-order valence-corrected chi connectivity index (χ2v) is 4.85. The highest BCUT2D eigenvalue weighted by Crippen LogP contribution is 2.17. The monoisotopic (exact) mass is 241 g/mol. The van der Waals surface area contributed by atoms with Gasteiger partial charge in [-0.25, -0.2) is 0 Å². The highest BCUT2D eigenvalue weighted by atomic mass is 16.5. The zero-order chi connectivity index (χ0) is 12.1. The lowest BCUT2D eigenvalue weighted by Crippen LogP contribution is -2.45. The molecule has 1 amide bonds. The summed E-state index contributed by atoms with van der Waals surface area (Å²) in [6, 6.07) is 0.593. The Kier molecular flexibility index (Phi) is 4.76. The van der Waals surface area contributed by atoms with Gasteiger partial charge < -0.3 is 15.4 Å². The number of nitrogens with zero attached hydrogens (tertiary/aromatic N) is 1. The second kappa shape index (κ2) is 6.33. The van der Waals surface area contributed by atoms with Crippen LogP contribution >= 0.6 is 0 Å². The molecule has 2 aliphatic heterocycles. The molecule has 0 aromatic heterocycles. The van der Waals surface area contributed by atoms with Crippen LogP contribution < -0.4 is 10.6 Å². The Hall–Kier alpha value is -0.650. The lowest BCUT2D eigenvalue weighted by molar-refractivity contribution is -0.125. The van der Waals surface area contributed by atoms with Crippen LogP contribution in [0.25, 0.3) is 0 Å². The van der Waals surface area contributed by atoms with Crippen molar-refractivity contribution in [2.75, 3.05) is 46.4 Å². The van der Waals surface area contributed by atoms with Crippen molar-refractivity contribution in [1.29, 1.82) is 0 Å². The van der Waals surface area contributed by atoms with E-state index in [0.29, 0.717) is 6.04 Å². The van der Waals surface area contributed by atoms with E-state index in [9.17, 15) is 4.79 Å². The Morgan fingerprint density at radius 1 is 1.41 bits per heavy atom. The van der Waals surface area contributed by atoms with Crippen molar-refractivity contribution in [3.05, 3.63) is 0 Å². The van der Waals surface area contributed by atoms with E-state index < -0.39 is 0 Å². The minimum atomic E-state index is 0.0744. The van der Waals surface area contributed by atoms with E-state index >= 15 is 0 Å². The van der Waals surface area contributed by atoms with Gasteiger partial charge in [-0.15, -0.1) is 0 Å². The summed E-state index contributed by atoms with van der Waals surface area (Å²) < 4.78 is 5.40. The first kappa shape index (κ1) is 12.8. The van der Waals surface area contributed by atoms with Crippen molar-refractivity contribution < 1.29 is 9.53 Å². The summed E-state index contributed by atoms with van der Waals surface area (Å²) >= 11 is 0. The van der Waals surface area contributed by atoms with Crippen LogP contribution in [0, 0.1) is 5.92 Å². The second-order valence-electron chi connectivity index (χ2n) is 4.85. The molecule has 98 valence electrons. The molecule has 2 rings (SSSR count). The van der Waals surface area contributed by atoms with Gasteiger partial charge in [0.05, 0.1) is 5.92 Å². The molecule has 2 saturated heterocycles. The normalized spacial score (nSPS) is 28.6. The van der Waals surface area contributed by atoms with Crippen LogP contribution in [0.1, 0.15) is 12.8 Å². The summed E-state index contributed by atoms with van der Waals surface area (Å²) in [5.41, 5.74) is 0. The van der Waals surface area contributed by atoms with Crippen LogP contribution in [0.3, 0.4) is 0 Å². The molecule has 5 heteroatoms. The van der Waals surface area contributed by atoms with E-state index in [1.54, 1.807) is 7.05 Å². The van der Waals surface area contributed by atoms with E-state index in [-0.39, 0.29) is 11.8 Å². The van der Waals surface area contributed by atoms with E-state index in [2.05, 4.69) is 15.5 Å². The van der Waals surface area contributed by atoms with E-state index in [1.807, 2.05) is 0 Å². The van der Waals surface area contributed by atoms with E-state index in [4.69, 9.17) is 4.74 Å². The number of hydrogen-bond acceptors (Lipinski definition) is 4. The van der Waals surface area contributed by atoms with Gasteiger partial charge in [-0.1, -0.05) is 0 Å². The van der Waals surface area contributed by atoms with Crippen LogP contribution in [0.5, 0.6) is 0 Å². The molecule has 17 heavy (non-hydrogen) atoms. The molecule has 1 atom stereocenters. The fraction of sp³-hybridized carbons (Fsp3) is 0.917. The maximum absolute atomic E-state index is 11.7. The number of ether oxygens (including phenoxy) is 1. The van der Waals surface area contributed by atoms with Crippen LogP contribution in [0.2, 0.25) is 0 Å². The maximum Gasteiger partial charge on any atom is 0.225 e. The van der Waals surface area contributed by atoms with Crippen molar-refractivity contribution >= 4 is 5.91 Å². The molecule has 2 fully saturated rings. The Morgan fingerprint density at radius 3 is 2.88 bits per heavy atom. The summed E-state index contributed by atoms with van der Waals surface area (Å²) in [6.45, 7) is 5.40. The Bertz CT molecular complexity index is 254. The summed E-state index contributed by atoms with van der Waals surface area (Å²) in [7, 11) is 1.71. The van der Waals surface area contributed by atoms with Crippen molar-refractivity contribution in [3.63, 3.8) is 0 Å². The largest absolute Gasteiger partial charge is 0.381 e. The molecule has 2 aliphatic rings. The topological polar surface area (TPSA) is 53.6 Å². The fourth-order valence-electron chi connectivity index (χ4n) is 2.70. The van der Waals surface area contributed by atoms with Gasteiger partial charge in [-0.2, -0.15) is 0 Å². The molecule has 2 heterocycles. The number of hydrogen-bond donors (Lipinski definition) is 2. The summed E-state index contributed by atoms with van der Waals surface area (Å²) in [6.07, 6.45) is 2.20. The van der Waals surface area contributed by atoms with Gasteiger partial charge in [0.2, 0.25) is 5.91 Å². The molecule has 5 nitrogen and oxygen atoms in total. The molecular weight excluding hydrogens is 218 g/mol. The lowest BCUT2D eigenvalue weighted by atomic mass is 10.0. The first-order chi connectivity index (χ1) is 8.31. The Balaban J connectivity index is 1.93.